The number of aliphatic hydroxyl groups excluding tert-OH is 1. The fourth-order valence-corrected chi connectivity index (χ4v) is 2.01. The summed E-state index contributed by atoms with van der Waals surface area (Å²) in [7, 11) is 0. The van der Waals surface area contributed by atoms with E-state index in [2.05, 4.69) is 15.9 Å². The zero-order chi connectivity index (χ0) is 11.0. The average molecular weight is 292 g/mol. The Hall–Kier alpha value is -0.710. The Balaban J connectivity index is 2.56. The number of benzene rings is 1. The van der Waals surface area contributed by atoms with Gasteiger partial charge in [0.25, 0.3) is 0 Å². The lowest BCUT2D eigenvalue weighted by Crippen LogP contribution is -2.18. The van der Waals surface area contributed by atoms with Crippen LogP contribution in [0.3, 0.4) is 0 Å². The molecule has 15 heavy (non-hydrogen) atoms. The number of fused-ring (bicyclic) bond motifs is 1. The van der Waals surface area contributed by atoms with Gasteiger partial charge < -0.3 is 14.9 Å². The van der Waals surface area contributed by atoms with Crippen molar-refractivity contribution in [2.24, 2.45) is 0 Å². The van der Waals surface area contributed by atoms with Gasteiger partial charge in [-0.1, -0.05) is 0 Å². The van der Waals surface area contributed by atoms with Crippen molar-refractivity contribution in [2.45, 2.75) is 6.29 Å². The standard InChI is InChI=1S/C10H8BrClO3/c11-7-2-6-5(4-12)1-10(14)15-9(6)3-8(7)13/h1-3,10,13-14H,4H2. The highest BCUT2D eigenvalue weighted by Crippen LogP contribution is 2.38. The molecular formula is C10H8BrClO3. The van der Waals surface area contributed by atoms with Gasteiger partial charge in [0.05, 0.1) is 4.47 Å². The summed E-state index contributed by atoms with van der Waals surface area (Å²) in [5, 5.41) is 18.8. The maximum atomic E-state index is 9.46. The third-order valence-electron chi connectivity index (χ3n) is 2.13. The van der Waals surface area contributed by atoms with Gasteiger partial charge in [-0.3, -0.25) is 0 Å². The average Bonchev–Trinajstić information content (AvgIpc) is 2.19. The van der Waals surface area contributed by atoms with Gasteiger partial charge in [0.2, 0.25) is 6.29 Å². The third-order valence-corrected chi connectivity index (χ3v) is 3.05. The van der Waals surface area contributed by atoms with Crippen LogP contribution in [0.15, 0.2) is 22.7 Å². The molecule has 0 amide bonds. The van der Waals surface area contributed by atoms with Crippen molar-refractivity contribution in [3.05, 3.63) is 28.2 Å². The fraction of sp³-hybridized carbons (Fsp3) is 0.200. The van der Waals surface area contributed by atoms with Crippen molar-refractivity contribution in [1.82, 2.24) is 0 Å². The van der Waals surface area contributed by atoms with Crippen molar-refractivity contribution in [3.8, 4) is 11.5 Å². The maximum absolute atomic E-state index is 9.46. The van der Waals surface area contributed by atoms with Crippen LogP contribution in [0.1, 0.15) is 5.56 Å². The first-order valence-electron chi connectivity index (χ1n) is 4.26. The molecule has 0 spiro atoms. The second kappa shape index (κ2) is 4.04. The lowest BCUT2D eigenvalue weighted by Gasteiger charge is -2.21. The first-order chi connectivity index (χ1) is 7.11. The molecule has 1 aliphatic heterocycles. The van der Waals surface area contributed by atoms with Crippen LogP contribution in [0, 0.1) is 0 Å². The molecule has 1 aromatic rings. The molecule has 0 radical (unpaired) electrons. The number of hydrogen-bond donors (Lipinski definition) is 2. The molecular weight excluding hydrogens is 283 g/mol. The number of aromatic hydroxyl groups is 1. The highest BCUT2D eigenvalue weighted by atomic mass is 79.9. The number of hydrogen-bond acceptors (Lipinski definition) is 3. The maximum Gasteiger partial charge on any atom is 0.217 e. The SMILES string of the molecule is Oc1cc2c(cc1Br)C(CCl)=CC(O)O2. The van der Waals surface area contributed by atoms with Crippen molar-refractivity contribution in [1.29, 1.82) is 0 Å². The molecule has 3 nitrogen and oxygen atoms in total. The largest absolute Gasteiger partial charge is 0.507 e. The number of alkyl halides is 1. The van der Waals surface area contributed by atoms with E-state index >= 15 is 0 Å². The lowest BCUT2D eigenvalue weighted by atomic mass is 10.0. The van der Waals surface area contributed by atoms with Crippen molar-refractivity contribution >= 4 is 33.1 Å². The first kappa shape index (κ1) is 10.8. The zero-order valence-electron chi connectivity index (χ0n) is 7.58. The molecule has 0 bridgehead atoms. The van der Waals surface area contributed by atoms with Crippen molar-refractivity contribution < 1.29 is 14.9 Å². The molecule has 1 atom stereocenters. The molecule has 80 valence electrons. The number of halogens is 2. The summed E-state index contributed by atoms with van der Waals surface area (Å²) in [6.45, 7) is 0. The van der Waals surface area contributed by atoms with E-state index in [1.165, 1.54) is 6.07 Å². The predicted octanol–water partition coefficient (Wildman–Crippen LogP) is 2.49. The quantitative estimate of drug-likeness (QED) is 0.782. The summed E-state index contributed by atoms with van der Waals surface area (Å²) in [6, 6.07) is 3.16. The summed E-state index contributed by atoms with van der Waals surface area (Å²) >= 11 is 8.96. The van der Waals surface area contributed by atoms with E-state index in [-0.39, 0.29) is 11.6 Å². The predicted molar refractivity (Wildman–Crippen MR) is 61.1 cm³/mol. The van der Waals surface area contributed by atoms with Crippen molar-refractivity contribution in [3.63, 3.8) is 0 Å². The van der Waals surface area contributed by atoms with Crippen LogP contribution in [-0.2, 0) is 0 Å². The van der Waals surface area contributed by atoms with E-state index in [0.717, 1.165) is 11.1 Å². The highest BCUT2D eigenvalue weighted by Gasteiger charge is 2.20. The normalized spacial score (nSPS) is 19.1. The minimum absolute atomic E-state index is 0.0665. The van der Waals surface area contributed by atoms with Crippen LogP contribution < -0.4 is 4.74 Å². The van der Waals surface area contributed by atoms with E-state index in [0.29, 0.717) is 10.2 Å². The monoisotopic (exact) mass is 290 g/mol. The Morgan fingerprint density at radius 3 is 2.87 bits per heavy atom. The number of aliphatic hydroxyl groups is 1. The molecule has 0 aliphatic carbocycles. The van der Waals surface area contributed by atoms with Crippen LogP contribution >= 0.6 is 27.5 Å². The minimum atomic E-state index is -1.01. The smallest absolute Gasteiger partial charge is 0.217 e. The molecule has 2 N–H and O–H groups in total. The van der Waals surface area contributed by atoms with E-state index in [1.54, 1.807) is 12.1 Å². The molecule has 2 rings (SSSR count). The Labute approximate surface area is 100 Å². The summed E-state index contributed by atoms with van der Waals surface area (Å²) in [5.41, 5.74) is 1.56. The number of allylic oxidation sites excluding steroid dienone is 1. The van der Waals surface area contributed by atoms with Gasteiger partial charge in [-0.2, -0.15) is 0 Å². The molecule has 0 saturated carbocycles. The number of ether oxygens (including phenoxy) is 1. The van der Waals surface area contributed by atoms with Gasteiger partial charge in [0.15, 0.2) is 0 Å². The van der Waals surface area contributed by atoms with Gasteiger partial charge in [0.1, 0.15) is 11.5 Å². The summed E-state index contributed by atoms with van der Waals surface area (Å²) in [4.78, 5) is 0. The number of rotatable bonds is 1. The third kappa shape index (κ3) is 1.97. The minimum Gasteiger partial charge on any atom is -0.507 e. The Morgan fingerprint density at radius 2 is 2.20 bits per heavy atom. The first-order valence-corrected chi connectivity index (χ1v) is 5.59. The Kier molecular flexibility index (Phi) is 2.91. The summed E-state index contributed by atoms with van der Waals surface area (Å²) < 4.78 is 5.71. The Morgan fingerprint density at radius 1 is 1.47 bits per heavy atom. The second-order valence-corrected chi connectivity index (χ2v) is 4.26. The van der Waals surface area contributed by atoms with E-state index < -0.39 is 6.29 Å². The zero-order valence-corrected chi connectivity index (χ0v) is 9.92. The van der Waals surface area contributed by atoms with Gasteiger partial charge in [-0.05, 0) is 33.6 Å². The van der Waals surface area contributed by atoms with E-state index in [4.69, 9.17) is 16.3 Å². The van der Waals surface area contributed by atoms with E-state index in [9.17, 15) is 10.2 Å². The second-order valence-electron chi connectivity index (χ2n) is 3.13. The molecule has 0 saturated heterocycles. The van der Waals surface area contributed by atoms with Crippen LogP contribution in [0.5, 0.6) is 11.5 Å². The molecule has 5 heteroatoms. The molecule has 1 heterocycles. The lowest BCUT2D eigenvalue weighted by molar-refractivity contribution is 0.0224. The van der Waals surface area contributed by atoms with Crippen LogP contribution in [0.2, 0.25) is 0 Å². The molecule has 0 aromatic heterocycles. The Bertz CT molecular complexity index is 431. The van der Waals surface area contributed by atoms with Crippen LogP contribution in [-0.4, -0.2) is 22.4 Å². The van der Waals surface area contributed by atoms with Gasteiger partial charge in [-0.15, -0.1) is 11.6 Å². The molecule has 1 unspecified atom stereocenters. The van der Waals surface area contributed by atoms with Gasteiger partial charge in [0, 0.05) is 17.5 Å². The van der Waals surface area contributed by atoms with Crippen molar-refractivity contribution in [2.75, 3.05) is 5.88 Å². The molecule has 1 aromatic carbocycles. The van der Waals surface area contributed by atoms with E-state index in [1.807, 2.05) is 0 Å². The molecule has 0 fully saturated rings. The molecule has 1 aliphatic rings. The number of phenolic OH excluding ortho intramolecular Hbond substituents is 1. The highest BCUT2D eigenvalue weighted by molar-refractivity contribution is 9.10. The van der Waals surface area contributed by atoms with Crippen LogP contribution in [0.4, 0.5) is 0 Å². The summed E-state index contributed by atoms with van der Waals surface area (Å²) in [6.07, 6.45) is 0.533. The fourth-order valence-electron chi connectivity index (χ4n) is 1.43. The van der Waals surface area contributed by atoms with Gasteiger partial charge in [-0.25, -0.2) is 0 Å². The van der Waals surface area contributed by atoms with Gasteiger partial charge >= 0.3 is 0 Å². The topological polar surface area (TPSA) is 49.7 Å². The number of phenols is 1. The van der Waals surface area contributed by atoms with Crippen LogP contribution in [0.25, 0.3) is 5.57 Å². The summed E-state index contributed by atoms with van der Waals surface area (Å²) in [5.74, 6) is 0.781.